The van der Waals surface area contributed by atoms with Crippen molar-refractivity contribution in [2.75, 3.05) is 6.61 Å². The summed E-state index contributed by atoms with van der Waals surface area (Å²) >= 11 is 0. The largest absolute Gasteiger partial charge is 0.444 e. The highest BCUT2D eigenvalue weighted by molar-refractivity contribution is 5.70. The first-order chi connectivity index (χ1) is 7.42. The lowest BCUT2D eigenvalue weighted by Gasteiger charge is -2.30. The van der Waals surface area contributed by atoms with Crippen molar-refractivity contribution in [2.45, 2.75) is 57.7 Å². The van der Waals surface area contributed by atoms with Gasteiger partial charge >= 0.3 is 6.09 Å². The van der Waals surface area contributed by atoms with Crippen LogP contribution in [0, 0.1) is 5.92 Å². The number of carbonyl (C=O) groups is 1. The zero-order chi connectivity index (χ0) is 11.9. The Morgan fingerprint density at radius 3 is 2.69 bits per heavy atom. The molecule has 1 amide bonds. The van der Waals surface area contributed by atoms with Crippen LogP contribution < -0.4 is 0 Å². The van der Waals surface area contributed by atoms with Crippen LogP contribution in [0.2, 0.25) is 0 Å². The third kappa shape index (κ3) is 2.32. The number of hydrogen-bond donors (Lipinski definition) is 1. The SMILES string of the molecule is CC(C)(C)OC(=O)N1[C@H](CCO)C[C@H]2C[C@H]21. The van der Waals surface area contributed by atoms with Crippen LogP contribution in [-0.4, -0.2) is 40.4 Å². The van der Waals surface area contributed by atoms with Gasteiger partial charge in [0.2, 0.25) is 0 Å². The van der Waals surface area contributed by atoms with E-state index in [0.29, 0.717) is 18.4 Å². The molecule has 16 heavy (non-hydrogen) atoms. The number of amides is 1. The molecule has 0 bridgehead atoms. The average Bonchev–Trinajstić information content (AvgIpc) is 2.75. The minimum atomic E-state index is -0.437. The maximum absolute atomic E-state index is 12.0. The van der Waals surface area contributed by atoms with Crippen LogP contribution in [0.5, 0.6) is 0 Å². The molecule has 0 aromatic heterocycles. The fourth-order valence-electron chi connectivity index (χ4n) is 2.56. The molecule has 4 nitrogen and oxygen atoms in total. The van der Waals surface area contributed by atoms with E-state index in [4.69, 9.17) is 9.84 Å². The van der Waals surface area contributed by atoms with E-state index in [0.717, 1.165) is 12.8 Å². The second-order valence-electron chi connectivity index (χ2n) is 5.85. The molecule has 0 aromatic rings. The highest BCUT2D eigenvalue weighted by Gasteiger charge is 2.54. The van der Waals surface area contributed by atoms with Gasteiger partial charge in [0.25, 0.3) is 0 Å². The number of likely N-dealkylation sites (tertiary alicyclic amines) is 1. The second-order valence-corrected chi connectivity index (χ2v) is 5.85. The third-order valence-electron chi connectivity index (χ3n) is 3.28. The second kappa shape index (κ2) is 3.91. The summed E-state index contributed by atoms with van der Waals surface area (Å²) in [6.07, 6.45) is 2.61. The summed E-state index contributed by atoms with van der Waals surface area (Å²) in [7, 11) is 0. The van der Waals surface area contributed by atoms with Crippen LogP contribution in [0.4, 0.5) is 4.79 Å². The molecule has 0 aromatic carbocycles. The fourth-order valence-corrected chi connectivity index (χ4v) is 2.56. The Labute approximate surface area is 96.6 Å². The predicted octanol–water partition coefficient (Wildman–Crippen LogP) is 1.77. The van der Waals surface area contributed by atoms with E-state index in [2.05, 4.69) is 0 Å². The molecule has 1 saturated carbocycles. The molecule has 4 heteroatoms. The number of aliphatic hydroxyl groups is 1. The first-order valence-corrected chi connectivity index (χ1v) is 6.04. The summed E-state index contributed by atoms with van der Waals surface area (Å²) in [5.41, 5.74) is -0.437. The summed E-state index contributed by atoms with van der Waals surface area (Å²) in [4.78, 5) is 13.9. The van der Waals surface area contributed by atoms with Gasteiger partial charge in [-0.05, 0) is 46.0 Å². The van der Waals surface area contributed by atoms with Crippen LogP contribution in [0.25, 0.3) is 0 Å². The highest BCUT2D eigenvalue weighted by Crippen LogP contribution is 2.48. The minimum absolute atomic E-state index is 0.142. The number of aliphatic hydroxyl groups excluding tert-OH is 1. The Morgan fingerprint density at radius 1 is 1.44 bits per heavy atom. The molecule has 1 saturated heterocycles. The summed E-state index contributed by atoms with van der Waals surface area (Å²) in [6.45, 7) is 5.79. The van der Waals surface area contributed by atoms with Crippen LogP contribution in [0.15, 0.2) is 0 Å². The first-order valence-electron chi connectivity index (χ1n) is 6.04. The lowest BCUT2D eigenvalue weighted by Crippen LogP contribution is -2.42. The Kier molecular flexibility index (Phi) is 2.86. The van der Waals surface area contributed by atoms with Crippen LogP contribution in [-0.2, 0) is 4.74 Å². The van der Waals surface area contributed by atoms with E-state index in [-0.39, 0.29) is 18.7 Å². The van der Waals surface area contributed by atoms with Gasteiger partial charge in [0, 0.05) is 18.7 Å². The van der Waals surface area contributed by atoms with Gasteiger partial charge in [-0.15, -0.1) is 0 Å². The molecular weight excluding hydrogens is 206 g/mol. The molecule has 0 radical (unpaired) electrons. The fraction of sp³-hybridized carbons (Fsp3) is 0.917. The first kappa shape index (κ1) is 11.7. The topological polar surface area (TPSA) is 49.8 Å². The number of ether oxygens (including phenoxy) is 1. The van der Waals surface area contributed by atoms with Crippen molar-refractivity contribution in [2.24, 2.45) is 5.92 Å². The van der Waals surface area contributed by atoms with Crippen LogP contribution in [0.3, 0.4) is 0 Å². The number of piperidine rings is 1. The lowest BCUT2D eigenvalue weighted by molar-refractivity contribution is 0.0164. The maximum Gasteiger partial charge on any atom is 0.410 e. The van der Waals surface area contributed by atoms with E-state index >= 15 is 0 Å². The minimum Gasteiger partial charge on any atom is -0.444 e. The van der Waals surface area contributed by atoms with E-state index in [1.54, 1.807) is 0 Å². The number of nitrogens with zero attached hydrogens (tertiary/aromatic N) is 1. The monoisotopic (exact) mass is 227 g/mol. The molecule has 2 fully saturated rings. The Bertz CT molecular complexity index is 284. The van der Waals surface area contributed by atoms with Gasteiger partial charge in [0.1, 0.15) is 5.60 Å². The van der Waals surface area contributed by atoms with Crippen molar-refractivity contribution < 1.29 is 14.6 Å². The zero-order valence-electron chi connectivity index (χ0n) is 10.3. The van der Waals surface area contributed by atoms with Gasteiger partial charge in [-0.25, -0.2) is 4.79 Å². The van der Waals surface area contributed by atoms with Crippen molar-refractivity contribution in [1.82, 2.24) is 4.90 Å². The van der Waals surface area contributed by atoms with Gasteiger partial charge in [-0.3, -0.25) is 0 Å². The molecule has 1 aliphatic heterocycles. The normalized spacial score (nSPS) is 32.5. The number of rotatable bonds is 2. The van der Waals surface area contributed by atoms with Crippen LogP contribution in [0.1, 0.15) is 40.0 Å². The molecule has 0 spiro atoms. The van der Waals surface area contributed by atoms with Crippen molar-refractivity contribution >= 4 is 6.09 Å². The van der Waals surface area contributed by atoms with Crippen molar-refractivity contribution in [3.8, 4) is 0 Å². The van der Waals surface area contributed by atoms with Crippen molar-refractivity contribution in [1.29, 1.82) is 0 Å². The molecular formula is C12H21NO3. The number of hydrogen-bond acceptors (Lipinski definition) is 3. The highest BCUT2D eigenvalue weighted by atomic mass is 16.6. The average molecular weight is 227 g/mol. The van der Waals surface area contributed by atoms with E-state index < -0.39 is 5.60 Å². The van der Waals surface area contributed by atoms with Gasteiger partial charge < -0.3 is 14.7 Å². The standard InChI is InChI=1S/C12H21NO3/c1-12(2,3)16-11(15)13-9(4-5-14)6-8-7-10(8)13/h8-10,14H,4-7H2,1-3H3/t8-,9+,10+/m0/s1. The summed E-state index contributed by atoms with van der Waals surface area (Å²) < 4.78 is 5.40. The van der Waals surface area contributed by atoms with E-state index in [9.17, 15) is 4.79 Å². The van der Waals surface area contributed by atoms with Gasteiger partial charge in [0.05, 0.1) is 0 Å². The number of fused-ring (bicyclic) bond motifs is 1. The van der Waals surface area contributed by atoms with E-state index in [1.807, 2.05) is 25.7 Å². The quantitative estimate of drug-likeness (QED) is 0.782. The smallest absolute Gasteiger partial charge is 0.410 e. The Hall–Kier alpha value is -0.770. The zero-order valence-corrected chi connectivity index (χ0v) is 10.3. The summed E-state index contributed by atoms with van der Waals surface area (Å²) in [5, 5.41) is 8.98. The molecule has 1 N–H and O–H groups in total. The molecule has 1 heterocycles. The van der Waals surface area contributed by atoms with Crippen molar-refractivity contribution in [3.05, 3.63) is 0 Å². The van der Waals surface area contributed by atoms with Gasteiger partial charge in [-0.2, -0.15) is 0 Å². The molecule has 2 rings (SSSR count). The maximum atomic E-state index is 12.0. The third-order valence-corrected chi connectivity index (χ3v) is 3.28. The molecule has 2 aliphatic rings. The van der Waals surface area contributed by atoms with Gasteiger partial charge in [0.15, 0.2) is 0 Å². The Balaban J connectivity index is 1.98. The number of carbonyl (C=O) groups excluding carboxylic acids is 1. The predicted molar refractivity (Wildman–Crippen MR) is 60.1 cm³/mol. The Morgan fingerprint density at radius 2 is 2.12 bits per heavy atom. The summed E-state index contributed by atoms with van der Waals surface area (Å²) in [5.74, 6) is 0.657. The van der Waals surface area contributed by atoms with E-state index in [1.165, 1.54) is 0 Å². The molecule has 1 aliphatic carbocycles. The molecule has 0 unspecified atom stereocenters. The summed E-state index contributed by atoms with van der Waals surface area (Å²) in [6, 6.07) is 0.565. The van der Waals surface area contributed by atoms with Crippen molar-refractivity contribution in [3.63, 3.8) is 0 Å². The lowest BCUT2D eigenvalue weighted by atomic mass is 10.1. The molecule has 92 valence electrons. The molecule has 3 atom stereocenters. The van der Waals surface area contributed by atoms with Gasteiger partial charge in [-0.1, -0.05) is 0 Å². The van der Waals surface area contributed by atoms with Crippen LogP contribution >= 0.6 is 0 Å².